The van der Waals surface area contributed by atoms with Crippen molar-refractivity contribution in [3.05, 3.63) is 102 Å². The van der Waals surface area contributed by atoms with Crippen molar-refractivity contribution in [1.82, 2.24) is 4.57 Å². The SMILES string of the molecule is NS(=O)(=O)c1ccc(NC(=O)Cn2c3c(sc2=O)[C@@H](c2ccc(Cl)cc2)C2C(=O)N(c4ccc(Br)cc4)C(=O)C2S3)cc1. The standard InChI is InChI=1S/C28H20BrClN4O6S3/c29-15-3-9-18(10-4-15)34-25(36)22-21(14-1-5-16(30)6-2-14)24-27(41-23(22)26(34)37)33(28(38)42-24)13-20(35)32-17-7-11-19(12-8-17)43(31,39)40/h1-12,21-23H,13H2,(H,32,35)(H2,31,39,40)/t21-,22?,23?/m0/s1. The molecule has 1 saturated heterocycles. The molecule has 2 aliphatic heterocycles. The predicted octanol–water partition coefficient (Wildman–Crippen LogP) is 4.41. The molecule has 0 spiro atoms. The normalized spacial score (nSPS) is 19.7. The van der Waals surface area contributed by atoms with Crippen LogP contribution in [-0.4, -0.2) is 36.0 Å². The summed E-state index contributed by atoms with van der Waals surface area (Å²) in [5, 5.41) is 7.88. The van der Waals surface area contributed by atoms with Gasteiger partial charge >= 0.3 is 4.87 Å². The minimum Gasteiger partial charge on any atom is -0.325 e. The van der Waals surface area contributed by atoms with Gasteiger partial charge in [-0.05, 0) is 66.2 Å². The van der Waals surface area contributed by atoms with Crippen LogP contribution in [0.25, 0.3) is 0 Å². The number of carbonyl (C=O) groups excluding carboxylic acids is 3. The van der Waals surface area contributed by atoms with E-state index in [1.807, 2.05) is 0 Å². The third kappa shape index (κ3) is 5.58. The second kappa shape index (κ2) is 11.3. The predicted molar refractivity (Wildman–Crippen MR) is 168 cm³/mol. The number of amides is 3. The van der Waals surface area contributed by atoms with Crippen molar-refractivity contribution in [3.63, 3.8) is 0 Å². The number of hydrogen-bond acceptors (Lipinski definition) is 8. The summed E-state index contributed by atoms with van der Waals surface area (Å²) in [4.78, 5) is 55.3. The van der Waals surface area contributed by atoms with Gasteiger partial charge in [0, 0.05) is 26.0 Å². The van der Waals surface area contributed by atoms with Crippen molar-refractivity contribution < 1.29 is 22.8 Å². The van der Waals surface area contributed by atoms with E-state index in [2.05, 4.69) is 21.2 Å². The van der Waals surface area contributed by atoms with Crippen molar-refractivity contribution in [2.75, 3.05) is 10.2 Å². The minimum absolute atomic E-state index is 0.110. The molecule has 4 aromatic rings. The number of thiazole rings is 1. The largest absolute Gasteiger partial charge is 0.325 e. The number of benzene rings is 3. The molecule has 3 aromatic carbocycles. The van der Waals surface area contributed by atoms with E-state index in [1.54, 1.807) is 48.5 Å². The summed E-state index contributed by atoms with van der Waals surface area (Å²) >= 11 is 11.6. The Bertz CT molecular complexity index is 1940. The lowest BCUT2D eigenvalue weighted by Gasteiger charge is -2.30. The van der Waals surface area contributed by atoms with Crippen molar-refractivity contribution in [1.29, 1.82) is 0 Å². The average molecular weight is 720 g/mol. The smallest absolute Gasteiger partial charge is 0.308 e. The van der Waals surface area contributed by atoms with Gasteiger partial charge in [0.15, 0.2) is 0 Å². The highest BCUT2D eigenvalue weighted by Crippen LogP contribution is 2.54. The molecule has 0 saturated carbocycles. The van der Waals surface area contributed by atoms with Crippen LogP contribution in [0.4, 0.5) is 11.4 Å². The van der Waals surface area contributed by atoms with Crippen LogP contribution in [0.1, 0.15) is 16.4 Å². The van der Waals surface area contributed by atoms with E-state index in [4.69, 9.17) is 16.7 Å². The first kappa shape index (κ1) is 29.8. The molecule has 3 amide bonds. The Morgan fingerprint density at radius 1 is 0.953 bits per heavy atom. The maximum atomic E-state index is 13.9. The van der Waals surface area contributed by atoms with E-state index >= 15 is 0 Å². The number of nitrogens with zero attached hydrogens (tertiary/aromatic N) is 2. The zero-order chi connectivity index (χ0) is 30.6. The first-order chi connectivity index (χ1) is 20.4. The van der Waals surface area contributed by atoms with Crippen molar-refractivity contribution in [2.45, 2.75) is 27.6 Å². The first-order valence-corrected chi connectivity index (χ1v) is 17.1. The molecule has 15 heteroatoms. The Balaban J connectivity index is 1.36. The average Bonchev–Trinajstić information content (AvgIpc) is 3.40. The number of halogens is 2. The van der Waals surface area contributed by atoms with Crippen molar-refractivity contribution >= 4 is 89.7 Å². The molecule has 1 aromatic heterocycles. The van der Waals surface area contributed by atoms with Gasteiger partial charge in [-0.1, -0.05) is 62.8 Å². The van der Waals surface area contributed by atoms with Gasteiger partial charge in [0.1, 0.15) is 11.8 Å². The molecule has 1 fully saturated rings. The third-order valence-corrected chi connectivity index (χ3v) is 11.4. The maximum absolute atomic E-state index is 13.9. The number of anilines is 2. The highest BCUT2D eigenvalue weighted by Gasteiger charge is 2.56. The van der Waals surface area contributed by atoms with E-state index in [9.17, 15) is 27.6 Å². The highest BCUT2D eigenvalue weighted by molar-refractivity contribution is 9.10. The van der Waals surface area contributed by atoms with E-state index in [1.165, 1.54) is 33.7 Å². The minimum atomic E-state index is -3.90. The van der Waals surface area contributed by atoms with Crippen LogP contribution < -0.4 is 20.2 Å². The summed E-state index contributed by atoms with van der Waals surface area (Å²) in [6, 6.07) is 19.1. The molecule has 220 valence electrons. The number of sulfonamides is 1. The highest BCUT2D eigenvalue weighted by atomic mass is 79.9. The Labute approximate surface area is 267 Å². The number of imide groups is 1. The van der Waals surface area contributed by atoms with Crippen LogP contribution in [0.5, 0.6) is 0 Å². The molecule has 0 bridgehead atoms. The number of hydrogen-bond donors (Lipinski definition) is 2. The molecule has 3 heterocycles. The number of nitrogens with one attached hydrogen (secondary N) is 1. The zero-order valence-electron chi connectivity index (χ0n) is 21.8. The molecule has 0 radical (unpaired) electrons. The molecule has 6 rings (SSSR count). The Morgan fingerprint density at radius 3 is 2.23 bits per heavy atom. The monoisotopic (exact) mass is 718 g/mol. The Kier molecular flexibility index (Phi) is 7.85. The molecule has 0 aliphatic carbocycles. The summed E-state index contributed by atoms with van der Waals surface area (Å²) < 4.78 is 25.2. The number of aromatic nitrogens is 1. The molecular weight excluding hydrogens is 700 g/mol. The number of rotatable bonds is 6. The Morgan fingerprint density at radius 2 is 1.60 bits per heavy atom. The quantitative estimate of drug-likeness (QED) is 0.281. The summed E-state index contributed by atoms with van der Waals surface area (Å²) in [6.45, 7) is -0.363. The lowest BCUT2D eigenvalue weighted by molar-refractivity contribution is -0.122. The van der Waals surface area contributed by atoms with Crippen LogP contribution in [-0.2, 0) is 31.0 Å². The molecule has 3 atom stereocenters. The molecule has 2 aliphatic rings. The van der Waals surface area contributed by atoms with Crippen molar-refractivity contribution in [2.24, 2.45) is 11.1 Å². The summed E-state index contributed by atoms with van der Waals surface area (Å²) in [6.07, 6.45) is 0. The fraction of sp³-hybridized carbons (Fsp3) is 0.143. The third-order valence-electron chi connectivity index (χ3n) is 7.13. The van der Waals surface area contributed by atoms with Crippen LogP contribution in [0.3, 0.4) is 0 Å². The van der Waals surface area contributed by atoms with Gasteiger partial charge in [-0.25, -0.2) is 18.5 Å². The molecule has 2 unspecified atom stereocenters. The topological polar surface area (TPSA) is 149 Å². The second-order valence-corrected chi connectivity index (χ2v) is 14.9. The maximum Gasteiger partial charge on any atom is 0.308 e. The summed E-state index contributed by atoms with van der Waals surface area (Å²) in [5.74, 6) is -2.72. The van der Waals surface area contributed by atoms with Gasteiger partial charge in [-0.15, -0.1) is 0 Å². The first-order valence-electron chi connectivity index (χ1n) is 12.6. The van der Waals surface area contributed by atoms with Gasteiger partial charge < -0.3 is 5.32 Å². The van der Waals surface area contributed by atoms with E-state index in [0.29, 0.717) is 31.9 Å². The lowest BCUT2D eigenvalue weighted by Crippen LogP contribution is -2.33. The van der Waals surface area contributed by atoms with Crippen LogP contribution in [0.15, 0.2) is 92.0 Å². The lowest BCUT2D eigenvalue weighted by atomic mass is 9.83. The number of carbonyl (C=O) groups is 3. The van der Waals surface area contributed by atoms with E-state index in [-0.39, 0.29) is 17.3 Å². The molecule has 10 nitrogen and oxygen atoms in total. The number of primary sulfonamides is 1. The van der Waals surface area contributed by atoms with Crippen molar-refractivity contribution in [3.8, 4) is 0 Å². The van der Waals surface area contributed by atoms with Crippen LogP contribution in [0.2, 0.25) is 5.02 Å². The fourth-order valence-electron chi connectivity index (χ4n) is 5.20. The molecular formula is C28H20BrClN4O6S3. The summed E-state index contributed by atoms with van der Waals surface area (Å²) in [7, 11) is -3.90. The summed E-state index contributed by atoms with van der Waals surface area (Å²) in [5.41, 5.74) is 1.46. The second-order valence-electron chi connectivity index (χ2n) is 9.82. The van der Waals surface area contributed by atoms with Gasteiger partial charge in [0.2, 0.25) is 27.7 Å². The van der Waals surface area contributed by atoms with Gasteiger partial charge in [-0.3, -0.25) is 23.7 Å². The number of thioether (sulfide) groups is 1. The number of fused-ring (bicyclic) bond motifs is 2. The Hall–Kier alpha value is -3.27. The molecule has 3 N–H and O–H groups in total. The van der Waals surface area contributed by atoms with Gasteiger partial charge in [0.05, 0.1) is 21.5 Å². The zero-order valence-corrected chi connectivity index (χ0v) is 26.6. The van der Waals surface area contributed by atoms with Crippen LogP contribution in [0, 0.1) is 5.92 Å². The number of nitrogens with two attached hydrogens (primary N) is 1. The van der Waals surface area contributed by atoms with E-state index in [0.717, 1.165) is 27.6 Å². The van der Waals surface area contributed by atoms with Gasteiger partial charge in [0.25, 0.3) is 0 Å². The molecule has 43 heavy (non-hydrogen) atoms. The van der Waals surface area contributed by atoms with Gasteiger partial charge in [-0.2, -0.15) is 0 Å². The fourth-order valence-corrected chi connectivity index (χ4v) is 8.88. The van der Waals surface area contributed by atoms with E-state index < -0.39 is 43.8 Å². The van der Waals surface area contributed by atoms with Crippen LogP contribution >= 0.6 is 50.6 Å².